The van der Waals surface area contributed by atoms with Crippen molar-refractivity contribution < 1.29 is 19.2 Å². The molecule has 7 nitrogen and oxygen atoms in total. The average molecular weight is 426 g/mol. The van der Waals surface area contributed by atoms with Crippen molar-refractivity contribution in [1.82, 2.24) is 15.1 Å². The van der Waals surface area contributed by atoms with Gasteiger partial charge in [0.25, 0.3) is 0 Å². The lowest BCUT2D eigenvalue weighted by atomic mass is 9.85. The van der Waals surface area contributed by atoms with Gasteiger partial charge in [0.2, 0.25) is 23.6 Å². The van der Waals surface area contributed by atoms with E-state index in [9.17, 15) is 19.2 Å². The number of benzene rings is 1. The van der Waals surface area contributed by atoms with Crippen LogP contribution in [0.3, 0.4) is 0 Å². The van der Waals surface area contributed by atoms with Crippen molar-refractivity contribution in [2.45, 2.75) is 45.6 Å². The fourth-order valence-electron chi connectivity index (χ4n) is 4.33. The number of imide groups is 1. The first-order valence-electron chi connectivity index (χ1n) is 11.0. The van der Waals surface area contributed by atoms with Crippen LogP contribution in [0.5, 0.6) is 0 Å². The third-order valence-electron chi connectivity index (χ3n) is 6.15. The van der Waals surface area contributed by atoms with E-state index in [0.717, 1.165) is 5.56 Å². The monoisotopic (exact) mass is 425 g/mol. The predicted octanol–water partition coefficient (Wildman–Crippen LogP) is 1.92. The average Bonchev–Trinajstić information content (AvgIpc) is 3.03. The van der Waals surface area contributed by atoms with Gasteiger partial charge in [-0.25, -0.2) is 0 Å². The molecule has 0 aromatic heterocycles. The highest BCUT2D eigenvalue weighted by Crippen LogP contribution is 2.35. The minimum Gasteiger partial charge on any atom is -0.355 e. The number of hydrogen-bond acceptors (Lipinski definition) is 4. The molecule has 166 valence electrons. The number of likely N-dealkylation sites (tertiary alicyclic amines) is 1. The van der Waals surface area contributed by atoms with Gasteiger partial charge in [-0.15, -0.1) is 0 Å². The van der Waals surface area contributed by atoms with Crippen molar-refractivity contribution in [2.24, 2.45) is 11.8 Å². The van der Waals surface area contributed by atoms with E-state index in [1.165, 1.54) is 4.90 Å². The zero-order valence-corrected chi connectivity index (χ0v) is 18.3. The smallest absolute Gasteiger partial charge is 0.242 e. The van der Waals surface area contributed by atoms with Crippen LogP contribution in [0, 0.1) is 11.8 Å². The summed E-state index contributed by atoms with van der Waals surface area (Å²) < 4.78 is 0. The number of likely N-dealkylation sites (N-methyl/N-ethyl adjacent to an activating group) is 1. The van der Waals surface area contributed by atoms with Gasteiger partial charge in [-0.3, -0.25) is 24.1 Å². The van der Waals surface area contributed by atoms with Crippen molar-refractivity contribution >= 4 is 23.6 Å². The fourth-order valence-corrected chi connectivity index (χ4v) is 4.33. The second-order valence-electron chi connectivity index (χ2n) is 8.13. The zero-order valence-electron chi connectivity index (χ0n) is 18.3. The van der Waals surface area contributed by atoms with E-state index in [2.05, 4.69) is 5.32 Å². The molecule has 31 heavy (non-hydrogen) atoms. The summed E-state index contributed by atoms with van der Waals surface area (Å²) in [6, 6.07) is 9.14. The molecule has 1 aromatic carbocycles. The Kier molecular flexibility index (Phi) is 7.60. The normalized spacial score (nSPS) is 21.0. The van der Waals surface area contributed by atoms with E-state index >= 15 is 0 Å². The second kappa shape index (κ2) is 10.4. The number of carbonyl (C=O) groups is 4. The molecule has 1 aliphatic heterocycles. The van der Waals surface area contributed by atoms with Crippen LogP contribution in [-0.2, 0) is 25.6 Å². The largest absolute Gasteiger partial charge is 0.355 e. The van der Waals surface area contributed by atoms with Gasteiger partial charge in [0.15, 0.2) is 0 Å². The third-order valence-corrected chi connectivity index (χ3v) is 6.15. The van der Waals surface area contributed by atoms with Crippen molar-refractivity contribution in [3.05, 3.63) is 48.0 Å². The van der Waals surface area contributed by atoms with Crippen LogP contribution in [0.25, 0.3) is 0 Å². The Bertz CT molecular complexity index is 826. The number of fused-ring (bicyclic) bond motifs is 1. The van der Waals surface area contributed by atoms with Gasteiger partial charge in [-0.1, -0.05) is 42.5 Å². The molecule has 1 aromatic rings. The Hall–Kier alpha value is -2.96. The van der Waals surface area contributed by atoms with E-state index in [0.29, 0.717) is 32.4 Å². The van der Waals surface area contributed by atoms with Crippen LogP contribution >= 0.6 is 0 Å². The van der Waals surface area contributed by atoms with Crippen LogP contribution in [0.2, 0.25) is 0 Å². The molecule has 1 aliphatic carbocycles. The standard InChI is InChI=1S/C24H31N3O4/c1-3-25-22(29)17(2)26(15-13-18-9-5-4-6-10-18)21(28)14-16-27-23(30)19-11-7-8-12-20(19)24(27)31/h4-10,17,19-20H,3,11-16H2,1-2H3,(H,25,29)/t17-,19-,20+/m0/s1. The van der Waals surface area contributed by atoms with Gasteiger partial charge < -0.3 is 10.2 Å². The molecule has 3 rings (SSSR count). The highest BCUT2D eigenvalue weighted by Gasteiger charge is 2.47. The highest BCUT2D eigenvalue weighted by molar-refractivity contribution is 6.05. The van der Waals surface area contributed by atoms with Crippen LogP contribution < -0.4 is 5.32 Å². The summed E-state index contributed by atoms with van der Waals surface area (Å²) in [6.45, 7) is 4.48. The number of allylic oxidation sites excluding steroid dienone is 2. The maximum atomic E-state index is 13.1. The minimum atomic E-state index is -0.632. The lowest BCUT2D eigenvalue weighted by molar-refractivity contribution is -0.143. The molecular weight excluding hydrogens is 394 g/mol. The number of nitrogens with zero attached hydrogens (tertiary/aromatic N) is 2. The van der Waals surface area contributed by atoms with Gasteiger partial charge in [-0.05, 0) is 38.7 Å². The Balaban J connectivity index is 1.65. The molecule has 0 unspecified atom stereocenters. The molecule has 4 amide bonds. The van der Waals surface area contributed by atoms with Gasteiger partial charge in [0.1, 0.15) is 6.04 Å². The predicted molar refractivity (Wildman–Crippen MR) is 117 cm³/mol. The van der Waals surface area contributed by atoms with Gasteiger partial charge >= 0.3 is 0 Å². The Labute approximate surface area is 183 Å². The maximum absolute atomic E-state index is 13.1. The summed E-state index contributed by atoms with van der Waals surface area (Å²) in [5, 5.41) is 2.77. The van der Waals surface area contributed by atoms with Crippen LogP contribution in [0.1, 0.15) is 38.7 Å². The number of rotatable bonds is 9. The number of carbonyl (C=O) groups excluding carboxylic acids is 4. The van der Waals surface area contributed by atoms with Crippen LogP contribution in [0.4, 0.5) is 0 Å². The number of nitrogens with one attached hydrogen (secondary N) is 1. The molecule has 0 radical (unpaired) electrons. The Morgan fingerprint density at radius 2 is 1.71 bits per heavy atom. The van der Waals surface area contributed by atoms with Crippen molar-refractivity contribution in [3.63, 3.8) is 0 Å². The Morgan fingerprint density at radius 1 is 1.10 bits per heavy atom. The van der Waals surface area contributed by atoms with Crippen molar-refractivity contribution in [1.29, 1.82) is 0 Å². The van der Waals surface area contributed by atoms with Gasteiger partial charge in [0.05, 0.1) is 11.8 Å². The summed E-state index contributed by atoms with van der Waals surface area (Å²) >= 11 is 0. The lowest BCUT2D eigenvalue weighted by Crippen LogP contribution is -2.49. The van der Waals surface area contributed by atoms with E-state index in [1.807, 2.05) is 49.4 Å². The molecule has 7 heteroatoms. The minimum absolute atomic E-state index is 0.0167. The first-order chi connectivity index (χ1) is 14.9. The fraction of sp³-hybridized carbons (Fsp3) is 0.500. The molecule has 1 heterocycles. The molecular formula is C24H31N3O4. The summed E-state index contributed by atoms with van der Waals surface area (Å²) in [7, 11) is 0. The molecule has 0 spiro atoms. The second-order valence-corrected chi connectivity index (χ2v) is 8.13. The quantitative estimate of drug-likeness (QED) is 0.484. The zero-order chi connectivity index (χ0) is 22.4. The van der Waals surface area contributed by atoms with Crippen LogP contribution in [-0.4, -0.2) is 59.1 Å². The van der Waals surface area contributed by atoms with Crippen molar-refractivity contribution in [2.75, 3.05) is 19.6 Å². The SMILES string of the molecule is CCNC(=O)[C@H](C)N(CCc1ccccc1)C(=O)CCN1C(=O)[C@H]2CC=CC[C@H]2C1=O. The van der Waals surface area contributed by atoms with E-state index in [-0.39, 0.29) is 48.4 Å². The first kappa shape index (κ1) is 22.7. The third kappa shape index (κ3) is 5.21. The summed E-state index contributed by atoms with van der Waals surface area (Å²) in [5.74, 6) is -1.40. The molecule has 1 fully saturated rings. The molecule has 1 saturated heterocycles. The number of amides is 4. The molecule has 3 atom stereocenters. The van der Waals surface area contributed by atoms with E-state index in [4.69, 9.17) is 0 Å². The van der Waals surface area contributed by atoms with E-state index in [1.54, 1.807) is 11.8 Å². The first-order valence-corrected chi connectivity index (χ1v) is 11.0. The molecule has 1 N–H and O–H groups in total. The topological polar surface area (TPSA) is 86.8 Å². The highest BCUT2D eigenvalue weighted by atomic mass is 16.2. The van der Waals surface area contributed by atoms with Crippen LogP contribution in [0.15, 0.2) is 42.5 Å². The molecule has 0 bridgehead atoms. The number of hydrogen-bond donors (Lipinski definition) is 1. The summed E-state index contributed by atoms with van der Waals surface area (Å²) in [4.78, 5) is 53.6. The summed E-state index contributed by atoms with van der Waals surface area (Å²) in [5.41, 5.74) is 1.07. The Morgan fingerprint density at radius 3 is 2.29 bits per heavy atom. The van der Waals surface area contributed by atoms with Crippen molar-refractivity contribution in [3.8, 4) is 0 Å². The maximum Gasteiger partial charge on any atom is 0.242 e. The summed E-state index contributed by atoms with van der Waals surface area (Å²) in [6.07, 6.45) is 5.69. The molecule has 0 saturated carbocycles. The lowest BCUT2D eigenvalue weighted by Gasteiger charge is -2.29. The van der Waals surface area contributed by atoms with E-state index < -0.39 is 6.04 Å². The van der Waals surface area contributed by atoms with Gasteiger partial charge in [0, 0.05) is 26.1 Å². The molecule has 2 aliphatic rings. The van der Waals surface area contributed by atoms with Gasteiger partial charge in [-0.2, -0.15) is 0 Å².